The maximum absolute atomic E-state index is 12.6. The summed E-state index contributed by atoms with van der Waals surface area (Å²) >= 11 is 1.25. The number of benzene rings is 1. The summed E-state index contributed by atoms with van der Waals surface area (Å²) in [4.78, 5) is 41.9. The van der Waals surface area contributed by atoms with Crippen molar-refractivity contribution in [3.05, 3.63) is 61.9 Å². The molecule has 3 aromatic rings. The largest absolute Gasteiger partial charge is 0.332 e. The van der Waals surface area contributed by atoms with Crippen molar-refractivity contribution >= 4 is 34.4 Å². The van der Waals surface area contributed by atoms with E-state index < -0.39 is 11.2 Å². The number of thioether (sulfide) groups is 1. The minimum Gasteiger partial charge on any atom is -0.325 e. The van der Waals surface area contributed by atoms with Crippen molar-refractivity contribution in [2.45, 2.75) is 25.7 Å². The van der Waals surface area contributed by atoms with Gasteiger partial charge < -0.3 is 5.32 Å². The fourth-order valence-electron chi connectivity index (χ4n) is 3.28. The highest BCUT2D eigenvalue weighted by molar-refractivity contribution is 8.00. The SMILES string of the molecule is Cc1cc(C)c(NC(=O)CSc2ccnc3c2c(=O)n(C)c(=O)n3C)c(C)c1. The summed E-state index contributed by atoms with van der Waals surface area (Å²) in [5.74, 6) is -0.0237. The van der Waals surface area contributed by atoms with Gasteiger partial charge in [-0.25, -0.2) is 9.78 Å². The van der Waals surface area contributed by atoms with Crippen molar-refractivity contribution < 1.29 is 4.79 Å². The number of nitrogens with one attached hydrogen (secondary N) is 1. The van der Waals surface area contributed by atoms with E-state index in [4.69, 9.17) is 0 Å². The molecule has 0 radical (unpaired) electrons. The Morgan fingerprint density at radius 1 is 1.11 bits per heavy atom. The number of amides is 1. The van der Waals surface area contributed by atoms with Crippen molar-refractivity contribution in [2.75, 3.05) is 11.1 Å². The highest BCUT2D eigenvalue weighted by atomic mass is 32.2. The highest BCUT2D eigenvalue weighted by Gasteiger charge is 2.15. The van der Waals surface area contributed by atoms with Gasteiger partial charge in [0.2, 0.25) is 5.91 Å². The van der Waals surface area contributed by atoms with E-state index in [9.17, 15) is 14.4 Å². The van der Waals surface area contributed by atoms with Crippen molar-refractivity contribution in [3.63, 3.8) is 0 Å². The van der Waals surface area contributed by atoms with E-state index in [0.29, 0.717) is 15.9 Å². The first kappa shape index (κ1) is 19.9. The number of nitrogens with zero attached hydrogens (tertiary/aromatic N) is 3. The van der Waals surface area contributed by atoms with Crippen molar-refractivity contribution in [1.82, 2.24) is 14.1 Å². The third-order valence-electron chi connectivity index (χ3n) is 4.60. The zero-order chi connectivity index (χ0) is 20.6. The van der Waals surface area contributed by atoms with Gasteiger partial charge in [0.1, 0.15) is 5.65 Å². The zero-order valence-corrected chi connectivity index (χ0v) is 17.3. The Morgan fingerprint density at radius 2 is 1.75 bits per heavy atom. The second-order valence-electron chi connectivity index (χ2n) is 6.82. The molecule has 0 aliphatic rings. The molecule has 1 N–H and O–H groups in total. The third-order valence-corrected chi connectivity index (χ3v) is 5.66. The Kier molecular flexibility index (Phi) is 5.42. The number of carbonyl (C=O) groups is 1. The van der Waals surface area contributed by atoms with E-state index in [-0.39, 0.29) is 11.7 Å². The average molecular weight is 398 g/mol. The van der Waals surface area contributed by atoms with Crippen LogP contribution in [0.25, 0.3) is 11.0 Å². The minimum atomic E-state index is -0.435. The minimum absolute atomic E-state index is 0.137. The fraction of sp³-hybridized carbons (Fsp3) is 0.300. The number of aromatic nitrogens is 3. The Balaban J connectivity index is 1.88. The molecule has 8 heteroatoms. The Morgan fingerprint density at radius 3 is 2.39 bits per heavy atom. The van der Waals surface area contributed by atoms with Crippen LogP contribution in [0.4, 0.5) is 5.69 Å². The molecule has 2 heterocycles. The second-order valence-corrected chi connectivity index (χ2v) is 7.84. The molecule has 1 amide bonds. The molecule has 0 unspecified atom stereocenters. The Bertz CT molecular complexity index is 1190. The summed E-state index contributed by atoms with van der Waals surface area (Å²) in [7, 11) is 3.00. The van der Waals surface area contributed by atoms with Gasteiger partial charge in [-0.1, -0.05) is 17.7 Å². The first-order valence-electron chi connectivity index (χ1n) is 8.76. The molecule has 2 aromatic heterocycles. The standard InChI is InChI=1S/C20H22N4O3S/c1-11-8-12(2)17(13(3)9-11)22-15(25)10-28-14-6-7-21-18-16(14)19(26)24(5)20(27)23(18)4/h6-9H,10H2,1-5H3,(H,22,25). The predicted molar refractivity (Wildman–Crippen MR) is 112 cm³/mol. The number of fused-ring (bicyclic) bond motifs is 1. The average Bonchev–Trinajstić information content (AvgIpc) is 2.65. The van der Waals surface area contributed by atoms with E-state index in [1.165, 1.54) is 29.6 Å². The first-order valence-corrected chi connectivity index (χ1v) is 9.74. The smallest absolute Gasteiger partial charge is 0.325 e. The fourth-order valence-corrected chi connectivity index (χ4v) is 4.11. The van der Waals surface area contributed by atoms with Gasteiger partial charge in [0.25, 0.3) is 5.56 Å². The topological polar surface area (TPSA) is 86.0 Å². The van der Waals surface area contributed by atoms with Gasteiger partial charge in [0, 0.05) is 30.9 Å². The predicted octanol–water partition coefficient (Wildman–Crippen LogP) is 2.29. The van der Waals surface area contributed by atoms with E-state index in [2.05, 4.69) is 10.3 Å². The highest BCUT2D eigenvalue weighted by Crippen LogP contribution is 2.25. The molecule has 146 valence electrons. The number of hydrogen-bond donors (Lipinski definition) is 1. The third kappa shape index (κ3) is 3.60. The van der Waals surface area contributed by atoms with Crippen LogP contribution in [0.3, 0.4) is 0 Å². The molecule has 0 saturated carbocycles. The van der Waals surface area contributed by atoms with Crippen LogP contribution in [-0.2, 0) is 18.9 Å². The molecule has 7 nitrogen and oxygen atoms in total. The van der Waals surface area contributed by atoms with Gasteiger partial charge in [-0.15, -0.1) is 11.8 Å². The monoisotopic (exact) mass is 398 g/mol. The van der Waals surface area contributed by atoms with Crippen molar-refractivity contribution in [3.8, 4) is 0 Å². The molecule has 0 saturated heterocycles. The van der Waals surface area contributed by atoms with E-state index in [1.54, 1.807) is 13.1 Å². The van der Waals surface area contributed by atoms with Crippen molar-refractivity contribution in [2.24, 2.45) is 14.1 Å². The lowest BCUT2D eigenvalue weighted by atomic mass is 10.1. The molecule has 0 fully saturated rings. The first-order chi connectivity index (χ1) is 13.2. The molecule has 0 bridgehead atoms. The van der Waals surface area contributed by atoms with Gasteiger partial charge in [-0.3, -0.25) is 18.7 Å². The molecular weight excluding hydrogens is 376 g/mol. The quantitative estimate of drug-likeness (QED) is 0.682. The zero-order valence-electron chi connectivity index (χ0n) is 16.5. The summed E-state index contributed by atoms with van der Waals surface area (Å²) in [6.45, 7) is 5.94. The van der Waals surface area contributed by atoms with E-state index in [1.807, 2.05) is 32.9 Å². The lowest BCUT2D eigenvalue weighted by molar-refractivity contribution is -0.113. The normalized spacial score (nSPS) is 11.0. The molecule has 0 atom stereocenters. The summed E-state index contributed by atoms with van der Waals surface area (Å²) in [5, 5.41) is 3.30. The number of anilines is 1. The molecule has 1 aromatic carbocycles. The van der Waals surface area contributed by atoms with E-state index >= 15 is 0 Å². The molecule has 0 spiro atoms. The number of carbonyl (C=O) groups excluding carboxylic acids is 1. The molecule has 0 aliphatic heterocycles. The van der Waals surface area contributed by atoms with Crippen LogP contribution in [0, 0.1) is 20.8 Å². The van der Waals surface area contributed by atoms with Gasteiger partial charge in [-0.05, 0) is 38.0 Å². The van der Waals surface area contributed by atoms with Crippen LogP contribution in [0.2, 0.25) is 0 Å². The lowest BCUT2D eigenvalue weighted by Gasteiger charge is -2.13. The molecule has 3 rings (SSSR count). The molecule has 0 aliphatic carbocycles. The summed E-state index contributed by atoms with van der Waals surface area (Å²) in [6.07, 6.45) is 1.54. The Hall–Kier alpha value is -2.87. The second kappa shape index (κ2) is 7.63. The number of hydrogen-bond acceptors (Lipinski definition) is 5. The number of aryl methyl sites for hydroxylation is 4. The van der Waals surface area contributed by atoms with Crippen LogP contribution in [0.15, 0.2) is 38.9 Å². The maximum atomic E-state index is 12.6. The van der Waals surface area contributed by atoms with Crippen LogP contribution < -0.4 is 16.6 Å². The van der Waals surface area contributed by atoms with Gasteiger partial charge in [-0.2, -0.15) is 0 Å². The number of rotatable bonds is 4. The van der Waals surface area contributed by atoms with E-state index in [0.717, 1.165) is 26.9 Å². The maximum Gasteiger partial charge on any atom is 0.332 e. The van der Waals surface area contributed by atoms with Gasteiger partial charge in [0.15, 0.2) is 0 Å². The molecular formula is C20H22N4O3S. The number of pyridine rings is 1. The lowest BCUT2D eigenvalue weighted by Crippen LogP contribution is -2.37. The van der Waals surface area contributed by atoms with Gasteiger partial charge in [0.05, 0.1) is 11.1 Å². The summed E-state index contributed by atoms with van der Waals surface area (Å²) < 4.78 is 2.38. The Labute approximate surface area is 166 Å². The van der Waals surface area contributed by atoms with Crippen molar-refractivity contribution in [1.29, 1.82) is 0 Å². The van der Waals surface area contributed by atoms with Gasteiger partial charge >= 0.3 is 5.69 Å². The summed E-state index contributed by atoms with van der Waals surface area (Å²) in [6, 6.07) is 5.74. The van der Waals surface area contributed by atoms with Crippen LogP contribution in [0.1, 0.15) is 16.7 Å². The van der Waals surface area contributed by atoms with Crippen LogP contribution >= 0.6 is 11.8 Å². The van der Waals surface area contributed by atoms with Crippen LogP contribution in [-0.4, -0.2) is 25.8 Å². The van der Waals surface area contributed by atoms with Crippen LogP contribution in [0.5, 0.6) is 0 Å². The molecule has 28 heavy (non-hydrogen) atoms. The summed E-state index contributed by atoms with van der Waals surface area (Å²) in [5.41, 5.74) is 3.43.